The van der Waals surface area contributed by atoms with E-state index in [4.69, 9.17) is 33.7 Å². The average Bonchev–Trinajstić information content (AvgIpc) is 3.72. The lowest BCUT2D eigenvalue weighted by Gasteiger charge is -2.32. The monoisotopic (exact) mass is 1380 g/mol. The van der Waals surface area contributed by atoms with Gasteiger partial charge in [0.05, 0.1) is 40.5 Å². The quantitative estimate of drug-likeness (QED) is 0.0173. The Bertz CT molecular complexity index is 1580. The number of aliphatic hydroxyl groups excluding tert-OH is 1. The molecule has 0 aliphatic heterocycles. The second-order valence-corrected chi connectivity index (χ2v) is 28.2. The molecule has 4 N–H and O–H groups in total. The van der Waals surface area contributed by atoms with E-state index in [9.17, 15) is 24.2 Å². The summed E-state index contributed by atoms with van der Waals surface area (Å²) in [6, 6.07) is 0. The minimum absolute atomic E-state index is 0. The van der Waals surface area contributed by atoms with Gasteiger partial charge in [0.2, 0.25) is 0 Å². The third-order valence-electron chi connectivity index (χ3n) is 17.0. The van der Waals surface area contributed by atoms with E-state index in [-0.39, 0.29) is 62.3 Å². The Balaban J connectivity index is -0.00000174. The Kier molecular flexibility index (Phi) is 78.7. The number of unbranched alkanes of at least 4 members (excludes halogenated alkanes) is 44. The SMILES string of the molecule is CCCCCCCC/C=C\CCCCCCCC(=O)OCC(COP(=O)(O)OCCN)OC(=O)CCCCCCC/C=C\CCCCCCCC.CCCCCCCCCCCCCCOCC(C[N+](C)(C)CCO)OCCCCCCCCCCCCCC.[Br-]. The van der Waals surface area contributed by atoms with Gasteiger partial charge in [0.1, 0.15) is 25.8 Å². The molecule has 0 spiro atoms. The van der Waals surface area contributed by atoms with Crippen LogP contribution in [0.1, 0.15) is 362 Å². The predicted octanol–water partition coefficient (Wildman–Crippen LogP) is 18.5. The maximum Gasteiger partial charge on any atom is 0.472 e. The molecule has 15 heteroatoms. The number of likely N-dealkylation sites (N-methyl/N-ethyl adjacent to an activating group) is 1. The van der Waals surface area contributed by atoms with Crippen LogP contribution in [0.4, 0.5) is 0 Å². The molecule has 0 aromatic heterocycles. The van der Waals surface area contributed by atoms with E-state index in [1.54, 1.807) is 0 Å². The van der Waals surface area contributed by atoms with E-state index < -0.39 is 32.5 Å². The maximum absolute atomic E-state index is 12.5. The van der Waals surface area contributed by atoms with E-state index in [0.29, 0.717) is 13.0 Å². The first-order valence-electron chi connectivity index (χ1n) is 38.5. The van der Waals surface area contributed by atoms with Crippen LogP contribution < -0.4 is 22.7 Å². The number of hydrogen-bond donors (Lipinski definition) is 3. The molecular formula is C76H152BrN2O11P. The number of nitrogens with two attached hydrogens (primary N) is 1. The van der Waals surface area contributed by atoms with Gasteiger partial charge in [-0.05, 0) is 77.0 Å². The number of phosphoric ester groups is 1. The highest BCUT2D eigenvalue weighted by atomic mass is 79.9. The largest absolute Gasteiger partial charge is 1.00 e. The summed E-state index contributed by atoms with van der Waals surface area (Å²) < 4.78 is 45.9. The van der Waals surface area contributed by atoms with Crippen molar-refractivity contribution in [3.05, 3.63) is 24.3 Å². The first kappa shape index (κ1) is 94.0. The van der Waals surface area contributed by atoms with Gasteiger partial charge in [-0.2, -0.15) is 0 Å². The van der Waals surface area contributed by atoms with Gasteiger partial charge in [0.15, 0.2) is 6.10 Å². The van der Waals surface area contributed by atoms with Crippen molar-refractivity contribution in [3.8, 4) is 0 Å². The van der Waals surface area contributed by atoms with E-state index in [1.807, 2.05) is 0 Å². The molecular weight excluding hydrogens is 1230 g/mol. The standard InChI is InChI=1S/C41H78NO8P.C35H74NO3.BrH/c1-3-5-7-9-11-13-15-17-19-21-23-25-27-29-31-33-40(43)47-37-39(38-49-51(45,46)48-36-35-42)50-41(44)34-32-30-28-26-24-22-20-18-16-14-12-10-8-6-4-2;1-5-7-9-11-13-15-17-19-21-23-25-27-31-38-34-35(33-36(3,4)29-30-37)39-32-28-26-24-22-20-18-16-14-12-10-8-6-2;/h17-20,39H,3-16,21-38,42H2,1-2H3,(H,45,46);35,37H,5-34H2,1-4H3;1H/q;+1;/p-1/b19-17-,20-18-;;. The van der Waals surface area contributed by atoms with Crippen LogP contribution in [0, 0.1) is 0 Å². The molecule has 0 amide bonds. The molecule has 91 heavy (non-hydrogen) atoms. The minimum atomic E-state index is -4.37. The molecule has 0 saturated heterocycles. The molecule has 3 atom stereocenters. The number of carbonyl (C=O) groups excluding carboxylic acids is 2. The molecule has 0 rings (SSSR count). The van der Waals surface area contributed by atoms with Crippen molar-refractivity contribution < 1.29 is 73.6 Å². The Morgan fingerprint density at radius 1 is 0.429 bits per heavy atom. The number of quaternary nitrogens is 1. The van der Waals surface area contributed by atoms with Gasteiger partial charge >= 0.3 is 19.8 Å². The van der Waals surface area contributed by atoms with Crippen LogP contribution >= 0.6 is 7.82 Å². The van der Waals surface area contributed by atoms with Crippen molar-refractivity contribution in [1.82, 2.24) is 0 Å². The van der Waals surface area contributed by atoms with Gasteiger partial charge in [0, 0.05) is 32.6 Å². The van der Waals surface area contributed by atoms with Crippen molar-refractivity contribution in [2.45, 2.75) is 374 Å². The number of hydrogen-bond acceptors (Lipinski definition) is 11. The summed E-state index contributed by atoms with van der Waals surface area (Å²) in [5.74, 6) is -0.845. The van der Waals surface area contributed by atoms with Gasteiger partial charge in [0.25, 0.3) is 0 Å². The van der Waals surface area contributed by atoms with Gasteiger partial charge in [-0.15, -0.1) is 0 Å². The number of aliphatic hydroxyl groups is 1. The molecule has 0 aromatic rings. The number of esters is 2. The molecule has 3 unspecified atom stereocenters. The molecule has 0 bridgehead atoms. The zero-order chi connectivity index (χ0) is 66.2. The highest BCUT2D eigenvalue weighted by Gasteiger charge is 2.26. The van der Waals surface area contributed by atoms with Crippen molar-refractivity contribution in [2.24, 2.45) is 5.73 Å². The van der Waals surface area contributed by atoms with E-state index in [2.05, 4.69) is 66.1 Å². The van der Waals surface area contributed by atoms with Crippen molar-refractivity contribution in [2.75, 3.05) is 80.0 Å². The van der Waals surface area contributed by atoms with Crippen LogP contribution in [0.2, 0.25) is 0 Å². The fraction of sp³-hybridized carbons (Fsp3) is 0.921. The summed E-state index contributed by atoms with van der Waals surface area (Å²) in [5.41, 5.74) is 5.34. The number of allylic oxidation sites excluding steroid dienone is 4. The second kappa shape index (κ2) is 76.2. The molecule has 544 valence electrons. The van der Waals surface area contributed by atoms with Crippen molar-refractivity contribution in [1.29, 1.82) is 0 Å². The third-order valence-corrected chi connectivity index (χ3v) is 18.0. The molecule has 0 fully saturated rings. The summed E-state index contributed by atoms with van der Waals surface area (Å²) in [6.07, 6.45) is 72.2. The number of ether oxygens (including phenoxy) is 4. The molecule has 0 aromatic carbocycles. The number of nitrogens with zero attached hydrogens (tertiary/aromatic N) is 1. The van der Waals surface area contributed by atoms with Crippen LogP contribution in [-0.2, 0) is 42.1 Å². The van der Waals surface area contributed by atoms with Gasteiger partial charge in [-0.3, -0.25) is 18.6 Å². The summed E-state index contributed by atoms with van der Waals surface area (Å²) in [6.45, 7) is 12.5. The summed E-state index contributed by atoms with van der Waals surface area (Å²) in [4.78, 5) is 34.8. The topological polar surface area (TPSA) is 173 Å². The summed E-state index contributed by atoms with van der Waals surface area (Å²) in [5, 5.41) is 9.43. The van der Waals surface area contributed by atoms with Crippen LogP contribution in [0.5, 0.6) is 0 Å². The Labute approximate surface area is 574 Å². The highest BCUT2D eigenvalue weighted by Crippen LogP contribution is 2.43. The number of carbonyl (C=O) groups is 2. The minimum Gasteiger partial charge on any atom is -1.00 e. The second-order valence-electron chi connectivity index (χ2n) is 26.8. The third kappa shape index (κ3) is 77.7. The lowest BCUT2D eigenvalue weighted by atomic mass is 10.1. The Morgan fingerprint density at radius 3 is 1.14 bits per heavy atom. The lowest BCUT2D eigenvalue weighted by molar-refractivity contribution is -0.893. The number of rotatable bonds is 72. The van der Waals surface area contributed by atoms with Gasteiger partial charge in [-0.1, -0.05) is 296 Å². The summed E-state index contributed by atoms with van der Waals surface area (Å²) in [7, 11) is -0.0102. The first-order valence-corrected chi connectivity index (χ1v) is 40.0. The fourth-order valence-corrected chi connectivity index (χ4v) is 12.0. The van der Waals surface area contributed by atoms with E-state index in [0.717, 1.165) is 114 Å². The molecule has 0 saturated carbocycles. The maximum atomic E-state index is 12.5. The zero-order valence-corrected chi connectivity index (χ0v) is 63.2. The van der Waals surface area contributed by atoms with Crippen molar-refractivity contribution >= 4 is 19.8 Å². The summed E-state index contributed by atoms with van der Waals surface area (Å²) >= 11 is 0. The zero-order valence-electron chi connectivity index (χ0n) is 60.7. The molecule has 0 radical (unpaired) electrons. The molecule has 13 nitrogen and oxygen atoms in total. The van der Waals surface area contributed by atoms with Gasteiger partial charge < -0.3 is 56.1 Å². The first-order chi connectivity index (χ1) is 43.9. The number of halogens is 1. The average molecular weight is 1380 g/mol. The van der Waals surface area contributed by atoms with Crippen LogP contribution in [0.25, 0.3) is 0 Å². The predicted molar refractivity (Wildman–Crippen MR) is 382 cm³/mol. The Hall–Kier alpha value is -1.19. The fourth-order valence-electron chi connectivity index (χ4n) is 11.2. The van der Waals surface area contributed by atoms with Gasteiger partial charge in [-0.25, -0.2) is 4.57 Å². The van der Waals surface area contributed by atoms with Crippen LogP contribution in [0.15, 0.2) is 24.3 Å². The molecule has 0 heterocycles. The highest BCUT2D eigenvalue weighted by molar-refractivity contribution is 7.47. The molecule has 0 aliphatic carbocycles. The van der Waals surface area contributed by atoms with Crippen molar-refractivity contribution in [3.63, 3.8) is 0 Å². The normalized spacial score (nSPS) is 13.1. The van der Waals surface area contributed by atoms with Crippen LogP contribution in [-0.4, -0.2) is 119 Å². The molecule has 0 aliphatic rings. The van der Waals surface area contributed by atoms with E-state index >= 15 is 0 Å². The smallest absolute Gasteiger partial charge is 0.472 e. The lowest BCUT2D eigenvalue weighted by Crippen LogP contribution is -3.00. The van der Waals surface area contributed by atoms with Crippen LogP contribution in [0.3, 0.4) is 0 Å². The number of phosphoric acid groups is 1. The Morgan fingerprint density at radius 2 is 0.769 bits per heavy atom. The van der Waals surface area contributed by atoms with E-state index in [1.165, 1.54) is 231 Å².